The van der Waals surface area contributed by atoms with E-state index in [1.54, 1.807) is 0 Å². The van der Waals surface area contributed by atoms with Crippen LogP contribution in [0.1, 0.15) is 59.3 Å². The average Bonchev–Trinajstić information content (AvgIpc) is 2.21. The van der Waals surface area contributed by atoms with Crippen LogP contribution in [-0.4, -0.2) is 6.71 Å². The van der Waals surface area contributed by atoms with Gasteiger partial charge in [0.25, 0.3) is 0 Å². The first-order chi connectivity index (χ1) is 5.99. The van der Waals surface area contributed by atoms with E-state index in [0.717, 1.165) is 22.7 Å². The smallest absolute Gasteiger partial charge is 0.0662 e. The normalized spacial score (nSPS) is 58.8. The topological polar surface area (TPSA) is 0 Å². The van der Waals surface area contributed by atoms with E-state index in [4.69, 9.17) is 0 Å². The second-order valence-corrected chi connectivity index (χ2v) is 6.93. The maximum atomic E-state index is 2.57. The minimum absolute atomic E-state index is 0.736. The van der Waals surface area contributed by atoms with Gasteiger partial charge in [0.1, 0.15) is 0 Å². The number of hydrogen-bond acceptors (Lipinski definition) is 0. The van der Waals surface area contributed by atoms with Crippen molar-refractivity contribution in [2.75, 3.05) is 0 Å². The van der Waals surface area contributed by atoms with Crippen LogP contribution in [0, 0.1) is 0 Å². The van der Waals surface area contributed by atoms with Gasteiger partial charge in [-0.3, -0.25) is 0 Å². The lowest BCUT2D eigenvalue weighted by Gasteiger charge is -2.63. The van der Waals surface area contributed by atoms with Crippen molar-refractivity contribution in [2.45, 2.75) is 75.2 Å². The molecule has 1 heteroatoms. The fraction of sp³-hybridized carbons (Fsp3) is 1.00. The van der Waals surface area contributed by atoms with Gasteiger partial charge in [-0.25, -0.2) is 0 Å². The Morgan fingerprint density at radius 1 is 0.769 bits per heavy atom. The van der Waals surface area contributed by atoms with Crippen molar-refractivity contribution >= 4 is 6.71 Å². The second-order valence-electron chi connectivity index (χ2n) is 6.93. The predicted molar refractivity (Wildman–Crippen MR) is 58.6 cm³/mol. The highest BCUT2D eigenvalue weighted by molar-refractivity contribution is 6.73. The van der Waals surface area contributed by atoms with E-state index >= 15 is 0 Å². The fourth-order valence-corrected chi connectivity index (χ4v) is 5.87. The Labute approximate surface area is 82.6 Å². The maximum absolute atomic E-state index is 2.57. The van der Waals surface area contributed by atoms with Crippen LogP contribution in [0.3, 0.4) is 0 Å². The molecule has 3 saturated heterocycles. The van der Waals surface area contributed by atoms with Crippen molar-refractivity contribution in [3.05, 3.63) is 0 Å². The van der Waals surface area contributed by atoms with Crippen LogP contribution in [0.2, 0.25) is 15.9 Å². The van der Waals surface area contributed by atoms with Crippen LogP contribution in [0.25, 0.3) is 0 Å². The number of hydrogen-bond donors (Lipinski definition) is 0. The van der Waals surface area contributed by atoms with Crippen molar-refractivity contribution in [2.24, 2.45) is 0 Å². The molecule has 0 saturated carbocycles. The molecule has 3 aliphatic heterocycles. The van der Waals surface area contributed by atoms with E-state index < -0.39 is 0 Å². The first-order valence-electron chi connectivity index (χ1n) is 5.99. The van der Waals surface area contributed by atoms with Gasteiger partial charge < -0.3 is 0 Å². The molecule has 0 nitrogen and oxygen atoms in total. The molecule has 3 heterocycles. The summed E-state index contributed by atoms with van der Waals surface area (Å²) in [5, 5.41) is 2.24. The average molecular weight is 176 g/mol. The van der Waals surface area contributed by atoms with E-state index in [-0.39, 0.29) is 0 Å². The molecule has 13 heavy (non-hydrogen) atoms. The molecule has 72 valence electrons. The lowest BCUT2D eigenvalue weighted by atomic mass is 9.05. The molecule has 0 spiro atoms. The highest BCUT2D eigenvalue weighted by Gasteiger charge is 2.70. The summed E-state index contributed by atoms with van der Waals surface area (Å²) in [6.45, 7) is 8.75. The summed E-state index contributed by atoms with van der Waals surface area (Å²) in [6, 6.07) is 0. The molecule has 0 amide bonds. The summed E-state index contributed by atoms with van der Waals surface area (Å²) in [6.07, 6.45) is 9.10. The van der Waals surface area contributed by atoms with Gasteiger partial charge in [0.15, 0.2) is 6.71 Å². The first kappa shape index (κ1) is 8.38. The zero-order valence-corrected chi connectivity index (χ0v) is 9.32. The summed E-state index contributed by atoms with van der Waals surface area (Å²) in [5.74, 6) is 0. The van der Waals surface area contributed by atoms with Crippen molar-refractivity contribution in [1.82, 2.24) is 0 Å². The Morgan fingerprint density at radius 2 is 1.31 bits per heavy atom. The second kappa shape index (κ2) is 2.02. The molecule has 3 rings (SSSR count). The van der Waals surface area contributed by atoms with Crippen molar-refractivity contribution < 1.29 is 0 Å². The Bertz CT molecular complexity index is 262. The lowest BCUT2D eigenvalue weighted by molar-refractivity contribution is 0.301. The summed E-state index contributed by atoms with van der Waals surface area (Å²) in [7, 11) is 0. The SMILES string of the molecule is CC12CCCC3(C)CC(C)(CC1)B23. The van der Waals surface area contributed by atoms with Gasteiger partial charge in [0.05, 0.1) is 0 Å². The van der Waals surface area contributed by atoms with Crippen LogP contribution in [0.4, 0.5) is 0 Å². The zero-order chi connectivity index (χ0) is 9.32. The minimum atomic E-state index is 0.736. The Balaban J connectivity index is 2.03. The molecule has 3 fully saturated rings. The van der Waals surface area contributed by atoms with Crippen LogP contribution < -0.4 is 0 Å². The predicted octanol–water partition coefficient (Wildman–Crippen LogP) is 4.14. The molecule has 0 aromatic rings. The number of rotatable bonds is 0. The third-order valence-electron chi connectivity index (χ3n) is 5.66. The standard InChI is InChI=1S/C12H21B/c1-10-5-4-6-11(2)9-12(3,8-7-10)13(10)11/h4-9H2,1-3H3. The van der Waals surface area contributed by atoms with Gasteiger partial charge in [0.2, 0.25) is 0 Å². The largest absolute Gasteiger partial charge is 0.158 e. The molecular weight excluding hydrogens is 155 g/mol. The zero-order valence-electron chi connectivity index (χ0n) is 9.32. The van der Waals surface area contributed by atoms with Gasteiger partial charge in [-0.15, -0.1) is 0 Å². The van der Waals surface area contributed by atoms with E-state index in [0.29, 0.717) is 0 Å². The highest BCUT2D eigenvalue weighted by Crippen LogP contribution is 2.81. The molecule has 0 N–H and O–H groups in total. The van der Waals surface area contributed by atoms with Crippen molar-refractivity contribution in [1.29, 1.82) is 0 Å². The molecule has 0 radical (unpaired) electrons. The molecule has 3 unspecified atom stereocenters. The molecule has 3 aliphatic rings. The Morgan fingerprint density at radius 3 is 2.00 bits per heavy atom. The maximum Gasteiger partial charge on any atom is 0.158 e. The van der Waals surface area contributed by atoms with E-state index in [1.165, 1.54) is 38.5 Å². The Kier molecular flexibility index (Phi) is 1.30. The van der Waals surface area contributed by atoms with Crippen LogP contribution in [-0.2, 0) is 0 Å². The fourth-order valence-electron chi connectivity index (χ4n) is 5.87. The van der Waals surface area contributed by atoms with Crippen molar-refractivity contribution in [3.63, 3.8) is 0 Å². The lowest BCUT2D eigenvalue weighted by Crippen LogP contribution is -2.56. The van der Waals surface area contributed by atoms with E-state index in [1.807, 2.05) is 0 Å². The minimum Gasteiger partial charge on any atom is -0.0662 e. The van der Waals surface area contributed by atoms with Crippen LogP contribution >= 0.6 is 0 Å². The summed E-state index contributed by atoms with van der Waals surface area (Å²) in [4.78, 5) is 0. The summed E-state index contributed by atoms with van der Waals surface area (Å²) < 4.78 is 0. The summed E-state index contributed by atoms with van der Waals surface area (Å²) in [5.41, 5.74) is 0. The molecule has 0 bridgehead atoms. The third-order valence-corrected chi connectivity index (χ3v) is 5.66. The highest BCUT2D eigenvalue weighted by atomic mass is 14.6. The monoisotopic (exact) mass is 176 g/mol. The van der Waals surface area contributed by atoms with E-state index in [9.17, 15) is 0 Å². The van der Waals surface area contributed by atoms with Crippen LogP contribution in [0.5, 0.6) is 0 Å². The van der Waals surface area contributed by atoms with Crippen molar-refractivity contribution in [3.8, 4) is 0 Å². The van der Waals surface area contributed by atoms with Gasteiger partial charge in [-0.2, -0.15) is 0 Å². The van der Waals surface area contributed by atoms with E-state index in [2.05, 4.69) is 20.8 Å². The molecular formula is C12H21B. The first-order valence-corrected chi connectivity index (χ1v) is 5.99. The Hall–Kier alpha value is 0.0649. The van der Waals surface area contributed by atoms with Crippen LogP contribution in [0.15, 0.2) is 0 Å². The molecule has 3 atom stereocenters. The molecule has 0 aliphatic carbocycles. The van der Waals surface area contributed by atoms with Gasteiger partial charge >= 0.3 is 0 Å². The molecule has 0 aromatic carbocycles. The van der Waals surface area contributed by atoms with Gasteiger partial charge in [0, 0.05) is 0 Å². The summed E-state index contributed by atoms with van der Waals surface area (Å²) >= 11 is 0. The quantitative estimate of drug-likeness (QED) is 0.486. The van der Waals surface area contributed by atoms with Gasteiger partial charge in [-0.05, 0) is 0 Å². The third kappa shape index (κ3) is 0.801. The molecule has 0 aromatic heterocycles. The van der Waals surface area contributed by atoms with Gasteiger partial charge in [-0.1, -0.05) is 75.2 Å².